The average Bonchev–Trinajstić information content (AvgIpc) is 2.64. The lowest BCUT2D eigenvalue weighted by molar-refractivity contribution is 0.0600. The van der Waals surface area contributed by atoms with Crippen molar-refractivity contribution < 1.29 is 19.2 Å². The Morgan fingerprint density at radius 2 is 1.62 bits per heavy atom. The highest BCUT2D eigenvalue weighted by Gasteiger charge is 2.07. The van der Waals surface area contributed by atoms with E-state index in [9.17, 15) is 9.59 Å². The van der Waals surface area contributed by atoms with Crippen molar-refractivity contribution >= 4 is 18.1 Å². The highest BCUT2D eigenvalue weighted by Crippen LogP contribution is 2.07. The molecule has 0 radical (unpaired) electrons. The summed E-state index contributed by atoms with van der Waals surface area (Å²) in [5, 5.41) is 6.49. The van der Waals surface area contributed by atoms with Crippen LogP contribution in [0.15, 0.2) is 53.7 Å². The van der Waals surface area contributed by atoms with Crippen LogP contribution in [0.25, 0.3) is 0 Å². The van der Waals surface area contributed by atoms with Crippen molar-refractivity contribution in [1.29, 1.82) is 0 Å². The maximum Gasteiger partial charge on any atom is 0.337 e. The van der Waals surface area contributed by atoms with Gasteiger partial charge >= 0.3 is 5.97 Å². The molecule has 0 spiro atoms. The summed E-state index contributed by atoms with van der Waals surface area (Å²) in [5.74, 6) is -0.565. The number of nitrogens with zero attached hydrogens (tertiary/aromatic N) is 1. The second-order valence-corrected chi connectivity index (χ2v) is 4.91. The Morgan fingerprint density at radius 1 is 1.00 bits per heavy atom. The molecule has 0 aromatic heterocycles. The molecule has 6 nitrogen and oxygen atoms in total. The first-order chi connectivity index (χ1) is 11.6. The van der Waals surface area contributed by atoms with E-state index in [1.165, 1.54) is 14.2 Å². The van der Waals surface area contributed by atoms with Gasteiger partial charge in [0.05, 0.1) is 18.9 Å². The van der Waals surface area contributed by atoms with Crippen LogP contribution in [0, 0.1) is 0 Å². The van der Waals surface area contributed by atoms with Gasteiger partial charge in [0, 0.05) is 12.1 Å². The van der Waals surface area contributed by atoms with E-state index in [0.717, 1.165) is 11.1 Å². The molecule has 0 aliphatic rings. The lowest BCUT2D eigenvalue weighted by atomic mass is 10.1. The highest BCUT2D eigenvalue weighted by atomic mass is 16.6. The maximum absolute atomic E-state index is 12.1. The molecule has 0 unspecified atom stereocenters. The topological polar surface area (TPSA) is 77.0 Å². The number of rotatable bonds is 6. The number of methoxy groups -OCH3 is 1. The van der Waals surface area contributed by atoms with Gasteiger partial charge in [0.2, 0.25) is 0 Å². The number of hydrogen-bond acceptors (Lipinski definition) is 5. The summed E-state index contributed by atoms with van der Waals surface area (Å²) in [7, 11) is 2.80. The molecule has 0 heterocycles. The minimum absolute atomic E-state index is 0.178. The highest BCUT2D eigenvalue weighted by molar-refractivity contribution is 5.95. The monoisotopic (exact) mass is 326 g/mol. The first-order valence-corrected chi connectivity index (χ1v) is 7.26. The van der Waals surface area contributed by atoms with Gasteiger partial charge in [0.1, 0.15) is 7.11 Å². The zero-order valence-electron chi connectivity index (χ0n) is 13.5. The van der Waals surface area contributed by atoms with Crippen LogP contribution in [0.5, 0.6) is 0 Å². The van der Waals surface area contributed by atoms with Crippen molar-refractivity contribution in [2.75, 3.05) is 14.2 Å². The molecule has 2 aromatic carbocycles. The summed E-state index contributed by atoms with van der Waals surface area (Å²) in [5.41, 5.74) is 2.75. The zero-order valence-corrected chi connectivity index (χ0v) is 13.5. The van der Waals surface area contributed by atoms with Gasteiger partial charge in [-0.25, -0.2) is 4.79 Å². The van der Waals surface area contributed by atoms with Crippen LogP contribution in [0.1, 0.15) is 31.8 Å². The molecule has 0 fully saturated rings. The van der Waals surface area contributed by atoms with E-state index in [4.69, 9.17) is 0 Å². The van der Waals surface area contributed by atoms with Gasteiger partial charge in [-0.15, -0.1) is 0 Å². The molecular formula is C18H18N2O4. The van der Waals surface area contributed by atoms with Gasteiger partial charge in [-0.2, -0.15) is 0 Å². The molecule has 24 heavy (non-hydrogen) atoms. The molecule has 0 saturated carbocycles. The Balaban J connectivity index is 1.92. The van der Waals surface area contributed by atoms with Gasteiger partial charge in [0.15, 0.2) is 0 Å². The van der Waals surface area contributed by atoms with Crippen molar-refractivity contribution in [3.63, 3.8) is 0 Å². The first-order valence-electron chi connectivity index (χ1n) is 7.26. The molecule has 6 heteroatoms. The summed E-state index contributed by atoms with van der Waals surface area (Å²) < 4.78 is 4.64. The van der Waals surface area contributed by atoms with Crippen LogP contribution >= 0.6 is 0 Å². The Bertz CT molecular complexity index is 722. The molecular weight excluding hydrogens is 308 g/mol. The van der Waals surface area contributed by atoms with Crippen LogP contribution in [0.3, 0.4) is 0 Å². The fourth-order valence-corrected chi connectivity index (χ4v) is 2.00. The van der Waals surface area contributed by atoms with Crippen molar-refractivity contribution in [1.82, 2.24) is 5.32 Å². The second-order valence-electron chi connectivity index (χ2n) is 4.91. The molecule has 0 aliphatic heterocycles. The Hall–Kier alpha value is -3.15. The molecule has 1 amide bonds. The van der Waals surface area contributed by atoms with Gasteiger partial charge in [0.25, 0.3) is 5.91 Å². The van der Waals surface area contributed by atoms with E-state index < -0.39 is 0 Å². The fourth-order valence-electron chi connectivity index (χ4n) is 2.00. The van der Waals surface area contributed by atoms with Crippen LogP contribution < -0.4 is 5.32 Å². The predicted octanol–water partition coefficient (Wildman–Crippen LogP) is 2.38. The first kappa shape index (κ1) is 17.2. The number of ether oxygens (including phenoxy) is 1. The number of oxime groups is 1. The van der Waals surface area contributed by atoms with Gasteiger partial charge in [-0.1, -0.05) is 29.4 Å². The third-order valence-electron chi connectivity index (χ3n) is 3.31. The number of amides is 1. The molecule has 0 saturated heterocycles. The summed E-state index contributed by atoms with van der Waals surface area (Å²) in [6.07, 6.45) is 1.56. The van der Waals surface area contributed by atoms with Crippen molar-refractivity contribution in [2.45, 2.75) is 6.54 Å². The maximum atomic E-state index is 12.1. The summed E-state index contributed by atoms with van der Waals surface area (Å²) in [4.78, 5) is 28.1. The molecule has 1 N–H and O–H groups in total. The zero-order chi connectivity index (χ0) is 17.4. The quantitative estimate of drug-likeness (QED) is 0.502. The Morgan fingerprint density at radius 3 is 2.21 bits per heavy atom. The van der Waals surface area contributed by atoms with Crippen molar-refractivity contribution in [3.05, 3.63) is 70.8 Å². The average molecular weight is 326 g/mol. The third kappa shape index (κ3) is 4.67. The minimum atomic E-state index is -0.386. The standard InChI is InChI=1S/C18H18N2O4/c1-23-18(22)16-9-5-13(6-10-16)11-19-17(21)15-7-3-14(4-8-15)12-20-24-2/h3-10,12H,11H2,1-2H3,(H,19,21)/b20-12+. The number of hydrogen-bond donors (Lipinski definition) is 1. The van der Waals surface area contributed by atoms with Crippen molar-refractivity contribution in [3.8, 4) is 0 Å². The number of nitrogens with one attached hydrogen (secondary N) is 1. The summed E-state index contributed by atoms with van der Waals surface area (Å²) in [6.45, 7) is 0.368. The van der Waals surface area contributed by atoms with Gasteiger partial charge in [-0.05, 0) is 35.4 Å². The normalized spacial score (nSPS) is 10.4. The SMILES string of the molecule is CO/N=C/c1ccc(C(=O)NCc2ccc(C(=O)OC)cc2)cc1. The van der Waals surface area contributed by atoms with E-state index in [1.807, 2.05) is 0 Å². The van der Waals surface area contributed by atoms with Crippen LogP contribution in [-0.2, 0) is 16.1 Å². The number of carbonyl (C=O) groups excluding carboxylic acids is 2. The Kier molecular flexibility index (Phi) is 6.08. The van der Waals surface area contributed by atoms with E-state index in [0.29, 0.717) is 17.7 Å². The molecule has 0 atom stereocenters. The number of carbonyl (C=O) groups is 2. The third-order valence-corrected chi connectivity index (χ3v) is 3.31. The molecule has 0 aliphatic carbocycles. The van der Waals surface area contributed by atoms with E-state index in [2.05, 4.69) is 20.0 Å². The number of esters is 1. The smallest absolute Gasteiger partial charge is 0.337 e. The van der Waals surface area contributed by atoms with Crippen LogP contribution in [-0.4, -0.2) is 32.3 Å². The largest absolute Gasteiger partial charge is 0.465 e. The number of benzene rings is 2. The van der Waals surface area contributed by atoms with E-state index in [1.54, 1.807) is 54.7 Å². The Labute approximate surface area is 140 Å². The molecule has 124 valence electrons. The fraction of sp³-hybridized carbons (Fsp3) is 0.167. The van der Waals surface area contributed by atoms with E-state index in [-0.39, 0.29) is 11.9 Å². The van der Waals surface area contributed by atoms with Crippen molar-refractivity contribution in [2.24, 2.45) is 5.16 Å². The van der Waals surface area contributed by atoms with Gasteiger partial charge < -0.3 is 14.9 Å². The van der Waals surface area contributed by atoms with Crippen LogP contribution in [0.2, 0.25) is 0 Å². The van der Waals surface area contributed by atoms with Gasteiger partial charge in [-0.3, -0.25) is 4.79 Å². The summed E-state index contributed by atoms with van der Waals surface area (Å²) in [6, 6.07) is 13.9. The van der Waals surface area contributed by atoms with Crippen LogP contribution in [0.4, 0.5) is 0 Å². The predicted molar refractivity (Wildman–Crippen MR) is 90.0 cm³/mol. The van der Waals surface area contributed by atoms with E-state index >= 15 is 0 Å². The molecule has 2 rings (SSSR count). The molecule has 2 aromatic rings. The lowest BCUT2D eigenvalue weighted by Crippen LogP contribution is -2.22. The summed E-state index contributed by atoms with van der Waals surface area (Å²) >= 11 is 0. The minimum Gasteiger partial charge on any atom is -0.465 e. The second kappa shape index (κ2) is 8.47. The lowest BCUT2D eigenvalue weighted by Gasteiger charge is -2.06. The molecule has 0 bridgehead atoms.